The summed E-state index contributed by atoms with van der Waals surface area (Å²) in [4.78, 5) is 24.3. The zero-order valence-corrected chi connectivity index (χ0v) is 16.9. The lowest BCUT2D eigenvalue weighted by Crippen LogP contribution is -2.47. The van der Waals surface area contributed by atoms with Crippen LogP contribution in [-0.2, 0) is 14.3 Å². The third-order valence-corrected chi connectivity index (χ3v) is 5.94. The van der Waals surface area contributed by atoms with Crippen LogP contribution in [0.1, 0.15) is 56.9 Å². The van der Waals surface area contributed by atoms with Crippen LogP contribution in [0.25, 0.3) is 0 Å². The molecule has 0 bridgehead atoms. The molecule has 7 nitrogen and oxygen atoms in total. The van der Waals surface area contributed by atoms with Gasteiger partial charge >= 0.3 is 0 Å². The van der Waals surface area contributed by atoms with Crippen LogP contribution in [-0.4, -0.2) is 48.4 Å². The highest BCUT2D eigenvalue weighted by Crippen LogP contribution is 2.47. The normalized spacial score (nSPS) is 27.5. The van der Waals surface area contributed by atoms with E-state index in [0.29, 0.717) is 25.3 Å². The van der Waals surface area contributed by atoms with Gasteiger partial charge in [0.05, 0.1) is 19.1 Å². The maximum Gasteiger partial charge on any atom is 0.224 e. The van der Waals surface area contributed by atoms with Crippen molar-refractivity contribution in [2.24, 2.45) is 5.92 Å². The van der Waals surface area contributed by atoms with Crippen LogP contribution in [0.2, 0.25) is 0 Å². The van der Waals surface area contributed by atoms with E-state index in [2.05, 4.69) is 10.6 Å². The Labute approximate surface area is 171 Å². The van der Waals surface area contributed by atoms with Crippen molar-refractivity contribution < 1.29 is 24.2 Å². The minimum atomic E-state index is -0.474. The summed E-state index contributed by atoms with van der Waals surface area (Å²) in [5.41, 5.74) is 1.78. The molecule has 1 aliphatic carbocycles. The van der Waals surface area contributed by atoms with Crippen molar-refractivity contribution in [1.29, 1.82) is 0 Å². The molecule has 0 radical (unpaired) electrons. The summed E-state index contributed by atoms with van der Waals surface area (Å²) < 4.78 is 12.0. The number of ether oxygens (including phenoxy) is 2. The fourth-order valence-electron chi connectivity index (χ4n) is 4.31. The summed E-state index contributed by atoms with van der Waals surface area (Å²) >= 11 is 0. The van der Waals surface area contributed by atoms with E-state index in [-0.39, 0.29) is 43.0 Å². The van der Waals surface area contributed by atoms with Gasteiger partial charge in [-0.3, -0.25) is 9.59 Å². The zero-order chi connectivity index (χ0) is 20.4. The van der Waals surface area contributed by atoms with E-state index in [9.17, 15) is 14.7 Å². The molecule has 1 saturated carbocycles. The van der Waals surface area contributed by atoms with Gasteiger partial charge in [-0.15, -0.1) is 0 Å². The summed E-state index contributed by atoms with van der Waals surface area (Å²) in [6, 6.07) is 5.70. The van der Waals surface area contributed by atoms with Gasteiger partial charge in [0.2, 0.25) is 11.8 Å². The van der Waals surface area contributed by atoms with Gasteiger partial charge in [-0.1, -0.05) is 6.92 Å². The highest BCUT2D eigenvalue weighted by atomic mass is 16.6. The molecule has 0 aromatic heterocycles. The summed E-state index contributed by atoms with van der Waals surface area (Å²) in [5, 5.41) is 15.7. The molecule has 158 valence electrons. The lowest BCUT2D eigenvalue weighted by atomic mass is 9.84. The van der Waals surface area contributed by atoms with Gasteiger partial charge in [-0.2, -0.15) is 0 Å². The largest absolute Gasteiger partial charge is 0.487 e. The van der Waals surface area contributed by atoms with Crippen LogP contribution >= 0.6 is 0 Å². The minimum Gasteiger partial charge on any atom is -0.487 e. The third-order valence-electron chi connectivity index (χ3n) is 5.94. The van der Waals surface area contributed by atoms with E-state index in [4.69, 9.17) is 9.47 Å². The number of hydrogen-bond acceptors (Lipinski definition) is 5. The number of aliphatic hydroxyl groups is 1. The average molecular weight is 402 g/mol. The number of benzene rings is 1. The molecule has 3 N–H and O–H groups in total. The molecule has 4 rings (SSSR count). The van der Waals surface area contributed by atoms with E-state index >= 15 is 0 Å². The van der Waals surface area contributed by atoms with Crippen molar-refractivity contribution >= 4 is 17.5 Å². The smallest absolute Gasteiger partial charge is 0.224 e. The molecular formula is C22H30N2O5. The van der Waals surface area contributed by atoms with Crippen molar-refractivity contribution in [2.45, 2.75) is 69.7 Å². The monoisotopic (exact) mass is 402 g/mol. The lowest BCUT2D eigenvalue weighted by Gasteiger charge is -2.37. The van der Waals surface area contributed by atoms with Crippen LogP contribution in [0.3, 0.4) is 0 Å². The van der Waals surface area contributed by atoms with Crippen molar-refractivity contribution in [1.82, 2.24) is 5.32 Å². The summed E-state index contributed by atoms with van der Waals surface area (Å²) in [7, 11) is 0. The van der Waals surface area contributed by atoms with E-state index in [1.54, 1.807) is 0 Å². The predicted octanol–water partition coefficient (Wildman–Crippen LogP) is 2.34. The second kappa shape index (κ2) is 8.71. The van der Waals surface area contributed by atoms with Gasteiger partial charge in [0.15, 0.2) is 0 Å². The molecule has 3 aliphatic rings. The Kier molecular flexibility index (Phi) is 6.06. The number of carbonyl (C=O) groups is 2. The first-order valence-corrected chi connectivity index (χ1v) is 10.7. The summed E-state index contributed by atoms with van der Waals surface area (Å²) in [6.45, 7) is 2.50. The van der Waals surface area contributed by atoms with Gasteiger partial charge in [0.25, 0.3) is 0 Å². The first-order chi connectivity index (χ1) is 14.1. The lowest BCUT2D eigenvalue weighted by molar-refractivity contribution is -0.142. The topological polar surface area (TPSA) is 96.9 Å². The van der Waals surface area contributed by atoms with Gasteiger partial charge < -0.3 is 25.2 Å². The van der Waals surface area contributed by atoms with E-state index in [0.717, 1.165) is 36.3 Å². The quantitative estimate of drug-likeness (QED) is 0.620. The van der Waals surface area contributed by atoms with Crippen LogP contribution in [0.15, 0.2) is 18.2 Å². The highest BCUT2D eigenvalue weighted by Gasteiger charge is 2.46. The predicted molar refractivity (Wildman–Crippen MR) is 108 cm³/mol. The van der Waals surface area contributed by atoms with Crippen LogP contribution in [0, 0.1) is 5.92 Å². The van der Waals surface area contributed by atoms with E-state index < -0.39 is 6.10 Å². The standard InChI is InChI=1S/C22H30N2O5/c1-2-7-23-20(26)11-15-10-17-16-9-14(24-21(27)8-13-3-4-13)5-6-18(16)29-22(17)19(12-25)28-15/h5-6,9,13,15,17,19,22,25H,2-4,7-8,10-12H2,1H3,(H,23,26)(H,24,27)/t15-,17+,19+,22-/m1/s1. The molecule has 2 amide bonds. The van der Waals surface area contributed by atoms with Crippen molar-refractivity contribution in [2.75, 3.05) is 18.5 Å². The average Bonchev–Trinajstić information content (AvgIpc) is 3.44. The third kappa shape index (κ3) is 4.73. The highest BCUT2D eigenvalue weighted by molar-refractivity contribution is 5.91. The molecule has 1 aromatic rings. The number of carbonyl (C=O) groups excluding carboxylic acids is 2. The second-order valence-electron chi connectivity index (χ2n) is 8.41. The first-order valence-electron chi connectivity index (χ1n) is 10.7. The summed E-state index contributed by atoms with van der Waals surface area (Å²) in [5.74, 6) is 1.34. The Balaban J connectivity index is 1.46. The number of rotatable bonds is 8. The second-order valence-corrected chi connectivity index (χ2v) is 8.41. The molecule has 1 aromatic carbocycles. The van der Waals surface area contributed by atoms with Crippen LogP contribution in [0.5, 0.6) is 5.75 Å². The Morgan fingerprint density at radius 1 is 1.21 bits per heavy atom. The van der Waals surface area contributed by atoms with Gasteiger partial charge in [0, 0.05) is 30.1 Å². The molecule has 7 heteroatoms. The number of fused-ring (bicyclic) bond motifs is 3. The first kappa shape index (κ1) is 20.2. The molecule has 0 spiro atoms. The van der Waals surface area contributed by atoms with Gasteiger partial charge in [-0.05, 0) is 49.8 Å². The maximum absolute atomic E-state index is 12.2. The SMILES string of the molecule is CCCNC(=O)C[C@H]1C[C@H]2c3cc(NC(=O)CC4CC4)ccc3O[C@H]2[C@H](CO)O1. The number of hydrogen-bond donors (Lipinski definition) is 3. The molecule has 2 heterocycles. The minimum absolute atomic E-state index is 0.0279. The summed E-state index contributed by atoms with van der Waals surface area (Å²) in [6.07, 6.45) is 3.65. The van der Waals surface area contributed by atoms with Crippen molar-refractivity contribution in [3.8, 4) is 5.75 Å². The number of nitrogens with one attached hydrogen (secondary N) is 2. The van der Waals surface area contributed by atoms with Gasteiger partial charge in [0.1, 0.15) is 18.0 Å². The molecule has 1 saturated heterocycles. The van der Waals surface area contributed by atoms with E-state index in [1.807, 2.05) is 25.1 Å². The van der Waals surface area contributed by atoms with E-state index in [1.165, 1.54) is 0 Å². The van der Waals surface area contributed by atoms with Crippen molar-refractivity contribution in [3.05, 3.63) is 23.8 Å². The Hall–Kier alpha value is -2.12. The molecule has 0 unspecified atom stereocenters. The number of aliphatic hydroxyl groups excluding tert-OH is 1. The molecular weight excluding hydrogens is 372 g/mol. The maximum atomic E-state index is 12.2. The van der Waals surface area contributed by atoms with Crippen molar-refractivity contribution in [3.63, 3.8) is 0 Å². The Morgan fingerprint density at radius 3 is 2.76 bits per heavy atom. The fraction of sp³-hybridized carbons (Fsp3) is 0.636. The van der Waals surface area contributed by atoms with Crippen LogP contribution in [0.4, 0.5) is 5.69 Å². The fourth-order valence-corrected chi connectivity index (χ4v) is 4.31. The molecule has 2 aliphatic heterocycles. The van der Waals surface area contributed by atoms with Gasteiger partial charge in [-0.25, -0.2) is 0 Å². The Bertz CT molecular complexity index is 764. The molecule has 29 heavy (non-hydrogen) atoms. The molecule has 2 fully saturated rings. The number of amides is 2. The van der Waals surface area contributed by atoms with Crippen LogP contribution < -0.4 is 15.4 Å². The molecule has 4 atom stereocenters. The zero-order valence-electron chi connectivity index (χ0n) is 16.9. The number of anilines is 1. The Morgan fingerprint density at radius 2 is 2.03 bits per heavy atom.